The molecule has 1 saturated heterocycles. The SMILES string of the molecule is Cc1cnn(C[C@@H]2CCCN2C(=O)c2cnc[nH]2)c1. The van der Waals surface area contributed by atoms with E-state index in [1.165, 1.54) is 6.33 Å². The lowest BCUT2D eigenvalue weighted by Gasteiger charge is -2.24. The standard InChI is InChI=1S/C13H17N5O/c1-10-5-16-17(7-10)8-11-3-2-4-18(11)13(19)12-6-14-9-15-12/h5-7,9,11H,2-4,8H2,1H3,(H,14,15)/t11-/m0/s1. The van der Waals surface area contributed by atoms with Crippen LogP contribution in [0.2, 0.25) is 0 Å². The summed E-state index contributed by atoms with van der Waals surface area (Å²) < 4.78 is 1.92. The Labute approximate surface area is 111 Å². The first-order chi connectivity index (χ1) is 9.24. The molecule has 0 bridgehead atoms. The highest BCUT2D eigenvalue weighted by Crippen LogP contribution is 2.20. The molecule has 6 heteroatoms. The van der Waals surface area contributed by atoms with Gasteiger partial charge in [0.1, 0.15) is 5.69 Å². The van der Waals surface area contributed by atoms with Crippen molar-refractivity contribution in [2.24, 2.45) is 0 Å². The molecule has 1 aliphatic rings. The second-order valence-electron chi connectivity index (χ2n) is 5.00. The van der Waals surface area contributed by atoms with Gasteiger partial charge >= 0.3 is 0 Å². The summed E-state index contributed by atoms with van der Waals surface area (Å²) in [6.07, 6.45) is 9.04. The molecular formula is C13H17N5O. The monoisotopic (exact) mass is 259 g/mol. The first-order valence-electron chi connectivity index (χ1n) is 6.52. The summed E-state index contributed by atoms with van der Waals surface area (Å²) in [5.74, 6) is 0.0314. The van der Waals surface area contributed by atoms with E-state index < -0.39 is 0 Å². The number of aromatic amines is 1. The summed E-state index contributed by atoms with van der Waals surface area (Å²) in [7, 11) is 0. The van der Waals surface area contributed by atoms with Gasteiger partial charge in [-0.2, -0.15) is 5.10 Å². The molecule has 1 fully saturated rings. The topological polar surface area (TPSA) is 66.8 Å². The summed E-state index contributed by atoms with van der Waals surface area (Å²) in [6.45, 7) is 3.59. The van der Waals surface area contributed by atoms with E-state index >= 15 is 0 Å². The van der Waals surface area contributed by atoms with E-state index in [2.05, 4.69) is 15.1 Å². The molecule has 2 aromatic heterocycles. The van der Waals surface area contributed by atoms with Gasteiger partial charge in [-0.15, -0.1) is 0 Å². The van der Waals surface area contributed by atoms with E-state index in [1.807, 2.05) is 28.9 Å². The molecule has 6 nitrogen and oxygen atoms in total. The maximum absolute atomic E-state index is 12.3. The van der Waals surface area contributed by atoms with Crippen molar-refractivity contribution in [1.29, 1.82) is 0 Å². The van der Waals surface area contributed by atoms with Crippen molar-refractivity contribution in [1.82, 2.24) is 24.6 Å². The van der Waals surface area contributed by atoms with E-state index in [4.69, 9.17) is 0 Å². The van der Waals surface area contributed by atoms with Gasteiger partial charge in [0.05, 0.1) is 31.3 Å². The van der Waals surface area contributed by atoms with Crippen LogP contribution in [-0.4, -0.2) is 43.1 Å². The predicted octanol–water partition coefficient (Wildman–Crippen LogP) is 1.22. The molecule has 2 aromatic rings. The maximum Gasteiger partial charge on any atom is 0.272 e. The van der Waals surface area contributed by atoms with Crippen LogP contribution in [0.1, 0.15) is 28.9 Å². The van der Waals surface area contributed by atoms with Gasteiger partial charge in [0.15, 0.2) is 0 Å². The van der Waals surface area contributed by atoms with Crippen LogP contribution in [0.3, 0.4) is 0 Å². The van der Waals surface area contributed by atoms with Gasteiger partial charge < -0.3 is 9.88 Å². The third-order valence-corrected chi connectivity index (χ3v) is 3.53. The first kappa shape index (κ1) is 12.0. The summed E-state index contributed by atoms with van der Waals surface area (Å²) in [6, 6.07) is 0.218. The molecule has 0 aliphatic carbocycles. The molecule has 1 atom stereocenters. The fraction of sp³-hybridized carbons (Fsp3) is 0.462. The Bertz CT molecular complexity index is 559. The van der Waals surface area contributed by atoms with E-state index in [1.54, 1.807) is 6.20 Å². The van der Waals surface area contributed by atoms with Gasteiger partial charge in [-0.1, -0.05) is 0 Å². The Morgan fingerprint density at radius 3 is 3.11 bits per heavy atom. The molecule has 3 rings (SSSR count). The van der Waals surface area contributed by atoms with Crippen molar-refractivity contribution >= 4 is 5.91 Å². The van der Waals surface area contributed by atoms with Gasteiger partial charge in [0.25, 0.3) is 5.91 Å². The highest BCUT2D eigenvalue weighted by molar-refractivity contribution is 5.92. The number of aromatic nitrogens is 4. The molecule has 100 valence electrons. The van der Waals surface area contributed by atoms with Crippen LogP contribution in [0.25, 0.3) is 0 Å². The summed E-state index contributed by atoms with van der Waals surface area (Å²) in [5, 5.41) is 4.29. The normalized spacial score (nSPS) is 19.0. The number of rotatable bonds is 3. The Balaban J connectivity index is 1.73. The van der Waals surface area contributed by atoms with Crippen LogP contribution >= 0.6 is 0 Å². The average molecular weight is 259 g/mol. The van der Waals surface area contributed by atoms with Gasteiger partial charge in [-0.3, -0.25) is 9.48 Å². The number of nitrogens with one attached hydrogen (secondary N) is 1. The fourth-order valence-electron chi connectivity index (χ4n) is 2.60. The Morgan fingerprint density at radius 2 is 2.42 bits per heavy atom. The van der Waals surface area contributed by atoms with E-state index in [9.17, 15) is 4.79 Å². The molecule has 3 heterocycles. The molecule has 0 spiro atoms. The van der Waals surface area contributed by atoms with Crippen LogP contribution in [0.15, 0.2) is 24.9 Å². The predicted molar refractivity (Wildman–Crippen MR) is 69.6 cm³/mol. The van der Waals surface area contributed by atoms with Crippen molar-refractivity contribution < 1.29 is 4.79 Å². The third-order valence-electron chi connectivity index (χ3n) is 3.53. The fourth-order valence-corrected chi connectivity index (χ4v) is 2.60. The molecule has 1 aliphatic heterocycles. The molecule has 0 aromatic carbocycles. The van der Waals surface area contributed by atoms with Crippen molar-refractivity contribution in [3.8, 4) is 0 Å². The van der Waals surface area contributed by atoms with Crippen LogP contribution in [0.4, 0.5) is 0 Å². The van der Waals surface area contributed by atoms with Crippen LogP contribution < -0.4 is 0 Å². The number of aryl methyl sites for hydroxylation is 1. The number of hydrogen-bond acceptors (Lipinski definition) is 3. The van der Waals surface area contributed by atoms with Crippen molar-refractivity contribution in [3.63, 3.8) is 0 Å². The van der Waals surface area contributed by atoms with Crippen molar-refractivity contribution in [3.05, 3.63) is 36.2 Å². The summed E-state index contributed by atoms with van der Waals surface area (Å²) >= 11 is 0. The second kappa shape index (κ2) is 4.87. The number of hydrogen-bond donors (Lipinski definition) is 1. The van der Waals surface area contributed by atoms with E-state index in [-0.39, 0.29) is 11.9 Å². The zero-order valence-electron chi connectivity index (χ0n) is 10.9. The zero-order valence-corrected chi connectivity index (χ0v) is 10.9. The lowest BCUT2D eigenvalue weighted by Crippen LogP contribution is -2.38. The highest BCUT2D eigenvalue weighted by atomic mass is 16.2. The number of H-pyrrole nitrogens is 1. The van der Waals surface area contributed by atoms with E-state index in [0.29, 0.717) is 5.69 Å². The van der Waals surface area contributed by atoms with Crippen LogP contribution in [-0.2, 0) is 6.54 Å². The molecule has 1 N–H and O–H groups in total. The molecule has 0 saturated carbocycles. The number of carbonyl (C=O) groups excluding carboxylic acids is 1. The largest absolute Gasteiger partial charge is 0.341 e. The van der Waals surface area contributed by atoms with Crippen molar-refractivity contribution in [2.75, 3.05) is 6.54 Å². The van der Waals surface area contributed by atoms with Crippen molar-refractivity contribution in [2.45, 2.75) is 32.4 Å². The van der Waals surface area contributed by atoms with Gasteiger partial charge in [0, 0.05) is 12.7 Å². The number of amides is 1. The van der Waals surface area contributed by atoms with E-state index in [0.717, 1.165) is 31.5 Å². The number of carbonyl (C=O) groups is 1. The van der Waals surface area contributed by atoms with Gasteiger partial charge in [-0.05, 0) is 25.3 Å². The molecule has 1 amide bonds. The van der Waals surface area contributed by atoms with Gasteiger partial charge in [-0.25, -0.2) is 4.98 Å². The second-order valence-corrected chi connectivity index (χ2v) is 5.00. The Kier molecular flexibility index (Phi) is 3.06. The average Bonchev–Trinajstić information content (AvgIpc) is 3.10. The Morgan fingerprint density at radius 1 is 1.53 bits per heavy atom. The highest BCUT2D eigenvalue weighted by Gasteiger charge is 2.30. The minimum Gasteiger partial charge on any atom is -0.341 e. The summed E-state index contributed by atoms with van der Waals surface area (Å²) in [4.78, 5) is 21.0. The van der Waals surface area contributed by atoms with Crippen LogP contribution in [0, 0.1) is 6.92 Å². The zero-order chi connectivity index (χ0) is 13.2. The smallest absolute Gasteiger partial charge is 0.272 e. The lowest BCUT2D eigenvalue weighted by atomic mass is 10.2. The molecular weight excluding hydrogens is 242 g/mol. The molecule has 19 heavy (non-hydrogen) atoms. The minimum absolute atomic E-state index is 0.0314. The molecule has 0 unspecified atom stereocenters. The first-order valence-corrected chi connectivity index (χ1v) is 6.52. The lowest BCUT2D eigenvalue weighted by molar-refractivity contribution is 0.0716. The minimum atomic E-state index is 0.0314. The number of nitrogens with zero attached hydrogens (tertiary/aromatic N) is 4. The Hall–Kier alpha value is -2.11. The quantitative estimate of drug-likeness (QED) is 0.901. The van der Waals surface area contributed by atoms with Crippen LogP contribution in [0.5, 0.6) is 0 Å². The third kappa shape index (κ3) is 2.38. The number of likely N-dealkylation sites (tertiary alicyclic amines) is 1. The van der Waals surface area contributed by atoms with Gasteiger partial charge in [0.2, 0.25) is 0 Å². The molecule has 0 radical (unpaired) electrons. The summed E-state index contributed by atoms with van der Waals surface area (Å²) in [5.41, 5.74) is 1.70. The maximum atomic E-state index is 12.3. The number of imidazole rings is 1.